The Hall–Kier alpha value is -1.07. The molecule has 2 rings (SSSR count). The van der Waals surface area contributed by atoms with Gasteiger partial charge < -0.3 is 10.6 Å². The molecule has 5 nitrogen and oxygen atoms in total. The predicted molar refractivity (Wildman–Crippen MR) is 77.6 cm³/mol. The Kier molecular flexibility index (Phi) is 4.98. The van der Waals surface area contributed by atoms with Crippen LogP contribution in [0.5, 0.6) is 0 Å². The van der Waals surface area contributed by atoms with Crippen LogP contribution < -0.4 is 5.73 Å². The summed E-state index contributed by atoms with van der Waals surface area (Å²) in [6, 6.07) is 1.95. The molecular weight excluding hydrogens is 264 g/mol. The highest BCUT2D eigenvalue weighted by Gasteiger charge is 2.25. The summed E-state index contributed by atoms with van der Waals surface area (Å²) in [6.45, 7) is 7.68. The van der Waals surface area contributed by atoms with Crippen LogP contribution in [0.25, 0.3) is 0 Å². The molecule has 0 saturated carbocycles. The zero-order valence-electron chi connectivity index (χ0n) is 11.8. The van der Waals surface area contributed by atoms with Gasteiger partial charge in [-0.1, -0.05) is 20.8 Å². The van der Waals surface area contributed by atoms with Gasteiger partial charge in [0, 0.05) is 30.2 Å². The van der Waals surface area contributed by atoms with Crippen LogP contribution in [-0.2, 0) is 5.41 Å². The molecule has 0 spiro atoms. The number of piperidine rings is 1. The molecule has 1 atom stereocenters. The Morgan fingerprint density at radius 3 is 2.74 bits per heavy atom. The third-order valence-electron chi connectivity index (χ3n) is 3.35. The average molecular weight is 287 g/mol. The number of carbonyl (C=O) groups is 1. The first-order valence-electron chi connectivity index (χ1n) is 6.48. The number of nitrogens with two attached hydrogens (primary N) is 1. The summed E-state index contributed by atoms with van der Waals surface area (Å²) >= 11 is 0. The fourth-order valence-corrected chi connectivity index (χ4v) is 2.17. The molecule has 3 N–H and O–H groups in total. The first kappa shape index (κ1) is 16.0. The Morgan fingerprint density at radius 1 is 1.53 bits per heavy atom. The lowest BCUT2D eigenvalue weighted by Gasteiger charge is -2.30. The Balaban J connectivity index is 0.00000180. The lowest BCUT2D eigenvalue weighted by atomic mass is 9.92. The van der Waals surface area contributed by atoms with Crippen LogP contribution in [0.1, 0.15) is 49.8 Å². The highest BCUT2D eigenvalue weighted by molar-refractivity contribution is 5.92. The van der Waals surface area contributed by atoms with Crippen LogP contribution >= 0.6 is 12.4 Å². The third kappa shape index (κ3) is 3.70. The summed E-state index contributed by atoms with van der Waals surface area (Å²) in [6.07, 6.45) is 1.97. The van der Waals surface area contributed by atoms with Gasteiger partial charge in [-0.2, -0.15) is 5.10 Å². The molecule has 1 aromatic rings. The summed E-state index contributed by atoms with van der Waals surface area (Å²) < 4.78 is 0. The van der Waals surface area contributed by atoms with E-state index in [0.717, 1.165) is 25.1 Å². The van der Waals surface area contributed by atoms with Crippen molar-refractivity contribution in [1.29, 1.82) is 0 Å². The molecule has 2 heterocycles. The van der Waals surface area contributed by atoms with E-state index in [-0.39, 0.29) is 29.8 Å². The minimum Gasteiger partial charge on any atom is -0.336 e. The second kappa shape index (κ2) is 5.92. The van der Waals surface area contributed by atoms with E-state index >= 15 is 0 Å². The van der Waals surface area contributed by atoms with Crippen LogP contribution in [0.15, 0.2) is 6.07 Å². The van der Waals surface area contributed by atoms with E-state index in [2.05, 4.69) is 31.0 Å². The van der Waals surface area contributed by atoms with E-state index in [4.69, 9.17) is 5.73 Å². The molecular formula is C13H23ClN4O. The van der Waals surface area contributed by atoms with E-state index in [0.29, 0.717) is 12.2 Å². The molecule has 1 unspecified atom stereocenters. The van der Waals surface area contributed by atoms with Gasteiger partial charge in [-0.3, -0.25) is 9.89 Å². The number of halogens is 1. The molecule has 0 bridgehead atoms. The minimum atomic E-state index is -0.0240. The van der Waals surface area contributed by atoms with Crippen LogP contribution in [0.3, 0.4) is 0 Å². The fraction of sp³-hybridized carbons (Fsp3) is 0.692. The second-order valence-corrected chi connectivity index (χ2v) is 6.07. The molecule has 0 radical (unpaired) electrons. The van der Waals surface area contributed by atoms with Gasteiger partial charge in [-0.05, 0) is 18.9 Å². The standard InChI is InChI=1S/C13H22N4O.ClH/c1-13(2,3)11-7-10(15-16-11)12(18)17-6-4-5-9(14)8-17;/h7,9H,4-6,8,14H2,1-3H3,(H,15,16);1H. The molecule has 0 aromatic carbocycles. The minimum absolute atomic E-state index is 0. The van der Waals surface area contributed by atoms with Gasteiger partial charge in [0.1, 0.15) is 5.69 Å². The van der Waals surface area contributed by atoms with Crippen molar-refractivity contribution >= 4 is 18.3 Å². The smallest absolute Gasteiger partial charge is 0.274 e. The van der Waals surface area contributed by atoms with Gasteiger partial charge in [-0.15, -0.1) is 12.4 Å². The summed E-state index contributed by atoms with van der Waals surface area (Å²) in [5.41, 5.74) is 7.34. The molecule has 6 heteroatoms. The number of aromatic nitrogens is 2. The van der Waals surface area contributed by atoms with Crippen molar-refractivity contribution in [3.8, 4) is 0 Å². The number of H-pyrrole nitrogens is 1. The van der Waals surface area contributed by atoms with E-state index in [1.165, 1.54) is 0 Å². The van der Waals surface area contributed by atoms with Crippen molar-refractivity contribution in [2.24, 2.45) is 5.73 Å². The maximum atomic E-state index is 12.3. The highest BCUT2D eigenvalue weighted by atomic mass is 35.5. The van der Waals surface area contributed by atoms with Crippen LogP contribution in [0, 0.1) is 0 Å². The summed E-state index contributed by atoms with van der Waals surface area (Å²) in [5, 5.41) is 7.07. The molecule has 1 aromatic heterocycles. The molecule has 1 amide bonds. The number of nitrogens with one attached hydrogen (secondary N) is 1. The topological polar surface area (TPSA) is 75.0 Å². The lowest BCUT2D eigenvalue weighted by Crippen LogP contribution is -2.45. The molecule has 1 aliphatic heterocycles. The van der Waals surface area contributed by atoms with Crippen LogP contribution in [-0.4, -0.2) is 40.1 Å². The molecule has 108 valence electrons. The number of rotatable bonds is 1. The van der Waals surface area contributed by atoms with Crippen molar-refractivity contribution in [2.45, 2.75) is 45.1 Å². The number of amides is 1. The van der Waals surface area contributed by atoms with E-state index in [1.54, 1.807) is 4.90 Å². The van der Waals surface area contributed by atoms with Crippen LogP contribution in [0.2, 0.25) is 0 Å². The maximum absolute atomic E-state index is 12.3. The SMILES string of the molecule is CC(C)(C)c1cc(C(=O)N2CCCC(N)C2)n[nH]1.Cl. The predicted octanol–water partition coefficient (Wildman–Crippen LogP) is 1.69. The zero-order valence-corrected chi connectivity index (χ0v) is 12.6. The molecule has 0 aliphatic carbocycles. The largest absolute Gasteiger partial charge is 0.336 e. The van der Waals surface area contributed by atoms with Crippen molar-refractivity contribution in [1.82, 2.24) is 15.1 Å². The Labute approximate surface area is 120 Å². The lowest BCUT2D eigenvalue weighted by molar-refractivity contribution is 0.0703. The van der Waals surface area contributed by atoms with Crippen molar-refractivity contribution in [2.75, 3.05) is 13.1 Å². The van der Waals surface area contributed by atoms with Crippen molar-refractivity contribution in [3.63, 3.8) is 0 Å². The van der Waals surface area contributed by atoms with E-state index in [1.807, 2.05) is 6.07 Å². The third-order valence-corrected chi connectivity index (χ3v) is 3.35. The summed E-state index contributed by atoms with van der Waals surface area (Å²) in [5.74, 6) is -0.0168. The van der Waals surface area contributed by atoms with Gasteiger partial charge >= 0.3 is 0 Å². The van der Waals surface area contributed by atoms with E-state index in [9.17, 15) is 4.79 Å². The Morgan fingerprint density at radius 2 is 2.21 bits per heavy atom. The highest BCUT2D eigenvalue weighted by Crippen LogP contribution is 2.21. The molecule has 1 aliphatic rings. The number of hydrogen-bond donors (Lipinski definition) is 2. The first-order chi connectivity index (χ1) is 8.38. The van der Waals surface area contributed by atoms with Gasteiger partial charge in [-0.25, -0.2) is 0 Å². The molecule has 1 fully saturated rings. The summed E-state index contributed by atoms with van der Waals surface area (Å²) in [4.78, 5) is 14.1. The van der Waals surface area contributed by atoms with Crippen molar-refractivity contribution in [3.05, 3.63) is 17.5 Å². The first-order valence-corrected chi connectivity index (χ1v) is 6.48. The van der Waals surface area contributed by atoms with Gasteiger partial charge in [0.2, 0.25) is 0 Å². The average Bonchev–Trinajstić information content (AvgIpc) is 2.77. The molecule has 19 heavy (non-hydrogen) atoms. The van der Waals surface area contributed by atoms with Crippen molar-refractivity contribution < 1.29 is 4.79 Å². The van der Waals surface area contributed by atoms with Gasteiger partial charge in [0.05, 0.1) is 0 Å². The van der Waals surface area contributed by atoms with Gasteiger partial charge in [0.15, 0.2) is 0 Å². The maximum Gasteiger partial charge on any atom is 0.274 e. The second-order valence-electron chi connectivity index (χ2n) is 6.07. The number of aromatic amines is 1. The number of likely N-dealkylation sites (tertiary alicyclic amines) is 1. The molecule has 1 saturated heterocycles. The number of nitrogens with zero attached hydrogens (tertiary/aromatic N) is 2. The normalized spacial score (nSPS) is 20.0. The van der Waals surface area contributed by atoms with E-state index < -0.39 is 0 Å². The van der Waals surface area contributed by atoms with Crippen LogP contribution in [0.4, 0.5) is 0 Å². The fourth-order valence-electron chi connectivity index (χ4n) is 2.17. The quantitative estimate of drug-likeness (QED) is 0.825. The number of hydrogen-bond acceptors (Lipinski definition) is 3. The Bertz CT molecular complexity index is 438. The zero-order chi connectivity index (χ0) is 13.3. The summed E-state index contributed by atoms with van der Waals surface area (Å²) in [7, 11) is 0. The number of carbonyl (C=O) groups excluding carboxylic acids is 1. The monoisotopic (exact) mass is 286 g/mol. The van der Waals surface area contributed by atoms with Gasteiger partial charge in [0.25, 0.3) is 5.91 Å².